The number of nitrogens with zero attached hydrogens (tertiary/aromatic N) is 1. The number of amides is 1. The molecule has 0 bridgehead atoms. The second kappa shape index (κ2) is 9.26. The Kier molecular flexibility index (Phi) is 7.64. The SMILES string of the molecule is O=C(O)/C(=C\c1ccccc1)OC(=O)N(CCCl)CCCl. The maximum Gasteiger partial charge on any atom is 0.415 e. The summed E-state index contributed by atoms with van der Waals surface area (Å²) in [6.07, 6.45) is 0.487. The van der Waals surface area contributed by atoms with Crippen molar-refractivity contribution in [3.8, 4) is 0 Å². The molecule has 1 aromatic carbocycles. The summed E-state index contributed by atoms with van der Waals surface area (Å²) in [5.74, 6) is -1.38. The van der Waals surface area contributed by atoms with Crippen molar-refractivity contribution in [3.63, 3.8) is 0 Å². The highest BCUT2D eigenvalue weighted by atomic mass is 35.5. The van der Waals surface area contributed by atoms with Crippen LogP contribution in [0.2, 0.25) is 0 Å². The van der Waals surface area contributed by atoms with Crippen LogP contribution in [0, 0.1) is 0 Å². The predicted molar refractivity (Wildman–Crippen MR) is 81.5 cm³/mol. The normalized spacial score (nSPS) is 11.0. The fourth-order valence-electron chi connectivity index (χ4n) is 1.49. The molecule has 1 rings (SSSR count). The summed E-state index contributed by atoms with van der Waals surface area (Å²) in [6.45, 7) is 0.455. The fraction of sp³-hybridized carbons (Fsp3) is 0.286. The first-order chi connectivity index (χ1) is 10.1. The number of aliphatic carboxylic acids is 1. The van der Waals surface area contributed by atoms with Crippen molar-refractivity contribution in [1.29, 1.82) is 0 Å². The number of rotatable bonds is 7. The van der Waals surface area contributed by atoms with Gasteiger partial charge in [0, 0.05) is 24.8 Å². The Morgan fingerprint density at radius 3 is 2.19 bits per heavy atom. The highest BCUT2D eigenvalue weighted by Crippen LogP contribution is 2.10. The number of hydrogen-bond acceptors (Lipinski definition) is 3. The molecule has 0 aromatic heterocycles. The summed E-state index contributed by atoms with van der Waals surface area (Å²) in [5.41, 5.74) is 0.615. The van der Waals surface area contributed by atoms with E-state index in [4.69, 9.17) is 33.0 Å². The van der Waals surface area contributed by atoms with E-state index in [1.807, 2.05) is 0 Å². The zero-order valence-corrected chi connectivity index (χ0v) is 12.7. The molecule has 7 heteroatoms. The molecule has 0 saturated carbocycles. The van der Waals surface area contributed by atoms with Gasteiger partial charge in [-0.2, -0.15) is 0 Å². The summed E-state index contributed by atoms with van der Waals surface area (Å²) in [5, 5.41) is 9.11. The first-order valence-electron chi connectivity index (χ1n) is 6.17. The third-order valence-electron chi connectivity index (χ3n) is 2.47. The van der Waals surface area contributed by atoms with Crippen molar-refractivity contribution in [2.45, 2.75) is 0 Å². The predicted octanol–water partition coefficient (Wildman–Crippen LogP) is 3.03. The van der Waals surface area contributed by atoms with E-state index in [2.05, 4.69) is 0 Å². The van der Waals surface area contributed by atoms with Crippen LogP contribution in [-0.4, -0.2) is 46.9 Å². The molecular weight excluding hydrogens is 317 g/mol. The minimum absolute atomic E-state index is 0.205. The lowest BCUT2D eigenvalue weighted by Gasteiger charge is -2.19. The van der Waals surface area contributed by atoms with Crippen LogP contribution in [0.5, 0.6) is 0 Å². The molecule has 0 aliphatic rings. The van der Waals surface area contributed by atoms with Crippen LogP contribution in [0.15, 0.2) is 36.1 Å². The molecule has 0 saturated heterocycles. The van der Waals surface area contributed by atoms with Crippen molar-refractivity contribution in [2.75, 3.05) is 24.8 Å². The first-order valence-corrected chi connectivity index (χ1v) is 7.24. The van der Waals surface area contributed by atoms with E-state index >= 15 is 0 Å². The van der Waals surface area contributed by atoms with Gasteiger partial charge in [-0.3, -0.25) is 0 Å². The molecule has 1 N–H and O–H groups in total. The molecule has 0 radical (unpaired) electrons. The van der Waals surface area contributed by atoms with Crippen molar-refractivity contribution in [2.24, 2.45) is 0 Å². The number of carboxylic acids is 1. The van der Waals surface area contributed by atoms with Gasteiger partial charge in [0.2, 0.25) is 5.76 Å². The second-order valence-corrected chi connectivity index (χ2v) is 4.71. The smallest absolute Gasteiger partial charge is 0.415 e. The van der Waals surface area contributed by atoms with Gasteiger partial charge < -0.3 is 14.7 Å². The van der Waals surface area contributed by atoms with Gasteiger partial charge in [-0.25, -0.2) is 9.59 Å². The van der Waals surface area contributed by atoms with Gasteiger partial charge in [0.25, 0.3) is 0 Å². The van der Waals surface area contributed by atoms with E-state index in [-0.39, 0.29) is 24.8 Å². The van der Waals surface area contributed by atoms with E-state index in [9.17, 15) is 9.59 Å². The van der Waals surface area contributed by atoms with Gasteiger partial charge in [0.05, 0.1) is 0 Å². The Morgan fingerprint density at radius 2 is 1.71 bits per heavy atom. The van der Waals surface area contributed by atoms with Crippen LogP contribution in [-0.2, 0) is 9.53 Å². The van der Waals surface area contributed by atoms with E-state index in [1.54, 1.807) is 30.3 Å². The molecule has 0 spiro atoms. The lowest BCUT2D eigenvalue weighted by Crippen LogP contribution is -2.35. The van der Waals surface area contributed by atoms with Crippen LogP contribution < -0.4 is 0 Å². The van der Waals surface area contributed by atoms with Gasteiger partial charge in [-0.15, -0.1) is 23.2 Å². The quantitative estimate of drug-likeness (QED) is 0.473. The third kappa shape index (κ3) is 6.06. The molecular formula is C14H15Cl2NO4. The lowest BCUT2D eigenvalue weighted by atomic mass is 10.2. The van der Waals surface area contributed by atoms with Crippen LogP contribution in [0.4, 0.5) is 4.79 Å². The summed E-state index contributed by atoms with van der Waals surface area (Å²) in [7, 11) is 0. The Bertz CT molecular complexity index is 499. The van der Waals surface area contributed by atoms with E-state index < -0.39 is 17.8 Å². The summed E-state index contributed by atoms with van der Waals surface area (Å²) in [6, 6.07) is 8.70. The summed E-state index contributed by atoms with van der Waals surface area (Å²) in [4.78, 5) is 24.3. The van der Waals surface area contributed by atoms with Crippen molar-refractivity contribution in [1.82, 2.24) is 4.90 Å². The van der Waals surface area contributed by atoms with E-state index in [0.29, 0.717) is 5.56 Å². The van der Waals surface area contributed by atoms with Crippen LogP contribution >= 0.6 is 23.2 Å². The molecule has 0 atom stereocenters. The van der Waals surface area contributed by atoms with E-state index in [1.165, 1.54) is 11.0 Å². The van der Waals surface area contributed by atoms with Crippen molar-refractivity contribution < 1.29 is 19.4 Å². The Balaban J connectivity index is 2.85. The monoisotopic (exact) mass is 331 g/mol. The molecule has 0 heterocycles. The van der Waals surface area contributed by atoms with Crippen LogP contribution in [0.25, 0.3) is 6.08 Å². The average Bonchev–Trinajstić information content (AvgIpc) is 2.47. The van der Waals surface area contributed by atoms with Gasteiger partial charge in [0.1, 0.15) is 0 Å². The largest absolute Gasteiger partial charge is 0.475 e. The Hall–Kier alpha value is -1.72. The van der Waals surface area contributed by atoms with Gasteiger partial charge in [-0.1, -0.05) is 30.3 Å². The molecule has 0 aliphatic carbocycles. The number of hydrogen-bond donors (Lipinski definition) is 1. The molecule has 1 aromatic rings. The highest BCUT2D eigenvalue weighted by molar-refractivity contribution is 6.18. The topological polar surface area (TPSA) is 66.8 Å². The third-order valence-corrected chi connectivity index (χ3v) is 2.81. The maximum atomic E-state index is 11.9. The van der Waals surface area contributed by atoms with E-state index in [0.717, 1.165) is 0 Å². The minimum Gasteiger partial charge on any atom is -0.475 e. The number of ether oxygens (including phenoxy) is 1. The molecule has 114 valence electrons. The molecule has 0 aliphatic heterocycles. The number of halogens is 2. The number of carboxylic acid groups (broad SMARTS) is 1. The number of carbonyl (C=O) groups excluding carboxylic acids is 1. The fourth-order valence-corrected chi connectivity index (χ4v) is 1.90. The van der Waals surface area contributed by atoms with Crippen molar-refractivity contribution in [3.05, 3.63) is 41.7 Å². The van der Waals surface area contributed by atoms with Crippen molar-refractivity contribution >= 4 is 41.3 Å². The molecule has 0 unspecified atom stereocenters. The lowest BCUT2D eigenvalue weighted by molar-refractivity contribution is -0.135. The van der Waals surface area contributed by atoms with Crippen LogP contribution in [0.3, 0.4) is 0 Å². The van der Waals surface area contributed by atoms with Gasteiger partial charge >= 0.3 is 12.1 Å². The molecule has 1 amide bonds. The van der Waals surface area contributed by atoms with Crippen LogP contribution in [0.1, 0.15) is 5.56 Å². The molecule has 21 heavy (non-hydrogen) atoms. The van der Waals surface area contributed by atoms with Gasteiger partial charge in [-0.05, 0) is 11.6 Å². The number of alkyl halides is 2. The molecule has 0 fully saturated rings. The Morgan fingerprint density at radius 1 is 1.14 bits per heavy atom. The summed E-state index contributed by atoms with van der Waals surface area (Å²) < 4.78 is 4.91. The standard InChI is InChI=1S/C14H15Cl2NO4/c15-6-8-17(9-7-16)14(20)21-12(13(18)19)10-11-4-2-1-3-5-11/h1-5,10H,6-9H2,(H,18,19)/b12-10+. The Labute approximate surface area is 132 Å². The zero-order valence-electron chi connectivity index (χ0n) is 11.2. The number of benzene rings is 1. The average molecular weight is 332 g/mol. The highest BCUT2D eigenvalue weighted by Gasteiger charge is 2.19. The first kappa shape index (κ1) is 17.3. The minimum atomic E-state index is -1.33. The summed E-state index contributed by atoms with van der Waals surface area (Å²) >= 11 is 11.2. The molecule has 5 nitrogen and oxygen atoms in total. The second-order valence-electron chi connectivity index (χ2n) is 3.96. The maximum absolute atomic E-state index is 11.9. The number of carbonyl (C=O) groups is 2. The van der Waals surface area contributed by atoms with Gasteiger partial charge in [0.15, 0.2) is 0 Å². The zero-order chi connectivity index (χ0) is 15.7.